The van der Waals surface area contributed by atoms with Crippen LogP contribution >= 0.6 is 0 Å². The Morgan fingerprint density at radius 2 is 2.13 bits per heavy atom. The third-order valence-corrected chi connectivity index (χ3v) is 3.13. The quantitative estimate of drug-likeness (QED) is 0.752. The third kappa shape index (κ3) is 3.41. The predicted octanol–water partition coefficient (Wildman–Crippen LogP) is 0.688. The molecule has 88 valence electrons. The van der Waals surface area contributed by atoms with E-state index in [0.717, 1.165) is 26.1 Å². The molecule has 2 aliphatic rings. The van der Waals surface area contributed by atoms with Gasteiger partial charge >= 0.3 is 0 Å². The highest BCUT2D eigenvalue weighted by Gasteiger charge is 2.24. The van der Waals surface area contributed by atoms with Gasteiger partial charge in [0, 0.05) is 19.3 Å². The van der Waals surface area contributed by atoms with E-state index in [1.165, 1.54) is 12.8 Å². The normalized spacial score (nSPS) is 37.8. The van der Waals surface area contributed by atoms with Crippen molar-refractivity contribution in [3.63, 3.8) is 0 Å². The fraction of sp³-hybridized carbons (Fsp3) is 1.00. The van der Waals surface area contributed by atoms with Crippen molar-refractivity contribution in [1.29, 1.82) is 0 Å². The van der Waals surface area contributed by atoms with Gasteiger partial charge < -0.3 is 19.9 Å². The van der Waals surface area contributed by atoms with Crippen LogP contribution in [0.4, 0.5) is 0 Å². The first-order valence-corrected chi connectivity index (χ1v) is 5.93. The van der Waals surface area contributed by atoms with Gasteiger partial charge in [0.25, 0.3) is 0 Å². The van der Waals surface area contributed by atoms with E-state index < -0.39 is 0 Å². The van der Waals surface area contributed by atoms with Crippen molar-refractivity contribution in [1.82, 2.24) is 0 Å². The summed E-state index contributed by atoms with van der Waals surface area (Å²) in [7, 11) is 0. The summed E-state index contributed by atoms with van der Waals surface area (Å²) >= 11 is 0. The van der Waals surface area contributed by atoms with Crippen LogP contribution in [0.1, 0.15) is 25.7 Å². The van der Waals surface area contributed by atoms with Crippen molar-refractivity contribution < 1.29 is 14.2 Å². The first-order chi connectivity index (χ1) is 7.36. The molecule has 2 saturated heterocycles. The van der Waals surface area contributed by atoms with Crippen LogP contribution in [0.2, 0.25) is 0 Å². The summed E-state index contributed by atoms with van der Waals surface area (Å²) in [5, 5.41) is 0. The second-order valence-electron chi connectivity index (χ2n) is 4.39. The molecule has 15 heavy (non-hydrogen) atoms. The van der Waals surface area contributed by atoms with Gasteiger partial charge in [0.15, 0.2) is 0 Å². The molecule has 0 aromatic carbocycles. The number of rotatable bonds is 3. The molecule has 2 fully saturated rings. The molecule has 2 heterocycles. The Kier molecular flexibility index (Phi) is 4.38. The van der Waals surface area contributed by atoms with E-state index in [1.807, 2.05) is 0 Å². The molecule has 2 rings (SSSR count). The highest BCUT2D eigenvalue weighted by atomic mass is 16.6. The lowest BCUT2D eigenvalue weighted by atomic mass is 10.1. The van der Waals surface area contributed by atoms with Crippen LogP contribution in [0.5, 0.6) is 0 Å². The summed E-state index contributed by atoms with van der Waals surface area (Å²) < 4.78 is 16.7. The first kappa shape index (κ1) is 11.3. The van der Waals surface area contributed by atoms with Crippen molar-refractivity contribution in [3.05, 3.63) is 0 Å². The summed E-state index contributed by atoms with van der Waals surface area (Å²) in [6.45, 7) is 2.94. The number of hydrogen-bond acceptors (Lipinski definition) is 4. The van der Waals surface area contributed by atoms with Crippen LogP contribution in [0.15, 0.2) is 0 Å². The fourth-order valence-corrected chi connectivity index (χ4v) is 2.07. The van der Waals surface area contributed by atoms with Crippen LogP contribution < -0.4 is 5.73 Å². The van der Waals surface area contributed by atoms with Gasteiger partial charge in [-0.1, -0.05) is 0 Å². The van der Waals surface area contributed by atoms with E-state index in [2.05, 4.69) is 0 Å². The molecule has 0 saturated carbocycles. The Balaban J connectivity index is 1.67. The van der Waals surface area contributed by atoms with Crippen molar-refractivity contribution in [2.45, 2.75) is 43.9 Å². The Bertz CT molecular complexity index is 183. The van der Waals surface area contributed by atoms with E-state index in [9.17, 15) is 0 Å². The van der Waals surface area contributed by atoms with Crippen molar-refractivity contribution in [2.75, 3.05) is 26.4 Å². The van der Waals surface area contributed by atoms with Gasteiger partial charge in [-0.2, -0.15) is 0 Å². The molecule has 3 atom stereocenters. The molecule has 0 radical (unpaired) electrons. The Hall–Kier alpha value is -0.160. The van der Waals surface area contributed by atoms with E-state index in [0.29, 0.717) is 13.2 Å². The van der Waals surface area contributed by atoms with Crippen molar-refractivity contribution in [2.24, 2.45) is 5.73 Å². The van der Waals surface area contributed by atoms with Gasteiger partial charge in [-0.15, -0.1) is 0 Å². The lowest BCUT2D eigenvalue weighted by molar-refractivity contribution is -0.104. The van der Waals surface area contributed by atoms with Crippen LogP contribution in [0.3, 0.4) is 0 Å². The SMILES string of the molecule is NC1CCOCC1OCC1CCCCO1. The van der Waals surface area contributed by atoms with Gasteiger partial charge in [0.2, 0.25) is 0 Å². The van der Waals surface area contributed by atoms with Crippen LogP contribution in [0, 0.1) is 0 Å². The molecule has 0 bridgehead atoms. The maximum atomic E-state index is 5.95. The third-order valence-electron chi connectivity index (χ3n) is 3.13. The van der Waals surface area contributed by atoms with Gasteiger partial charge in [0.05, 0.1) is 25.4 Å². The molecule has 2 aliphatic heterocycles. The minimum absolute atomic E-state index is 0.0595. The monoisotopic (exact) mass is 215 g/mol. The predicted molar refractivity (Wildman–Crippen MR) is 56.7 cm³/mol. The van der Waals surface area contributed by atoms with Crippen LogP contribution in [-0.2, 0) is 14.2 Å². The maximum absolute atomic E-state index is 5.95. The summed E-state index contributed by atoms with van der Waals surface area (Å²) in [4.78, 5) is 0. The fourth-order valence-electron chi connectivity index (χ4n) is 2.07. The molecular weight excluding hydrogens is 194 g/mol. The highest BCUT2D eigenvalue weighted by Crippen LogP contribution is 2.15. The summed E-state index contributed by atoms with van der Waals surface area (Å²) in [6, 6.07) is 0.127. The van der Waals surface area contributed by atoms with Crippen molar-refractivity contribution >= 4 is 0 Å². The lowest BCUT2D eigenvalue weighted by Gasteiger charge is -2.31. The molecular formula is C11H21NO3. The zero-order valence-corrected chi connectivity index (χ0v) is 9.19. The van der Waals surface area contributed by atoms with Gasteiger partial charge in [-0.25, -0.2) is 0 Å². The largest absolute Gasteiger partial charge is 0.379 e. The molecule has 0 spiro atoms. The Morgan fingerprint density at radius 1 is 1.20 bits per heavy atom. The molecule has 4 heteroatoms. The Morgan fingerprint density at radius 3 is 2.87 bits per heavy atom. The topological polar surface area (TPSA) is 53.7 Å². The van der Waals surface area contributed by atoms with Gasteiger partial charge in [0.1, 0.15) is 0 Å². The zero-order chi connectivity index (χ0) is 10.5. The van der Waals surface area contributed by atoms with Crippen molar-refractivity contribution in [3.8, 4) is 0 Å². The Labute approximate surface area is 91.1 Å². The molecule has 0 amide bonds. The highest BCUT2D eigenvalue weighted by molar-refractivity contribution is 4.77. The average Bonchev–Trinajstić information content (AvgIpc) is 2.29. The van der Waals surface area contributed by atoms with Gasteiger partial charge in [-0.05, 0) is 25.7 Å². The summed E-state index contributed by atoms with van der Waals surface area (Å²) in [5.74, 6) is 0. The first-order valence-electron chi connectivity index (χ1n) is 5.93. The molecule has 2 N–H and O–H groups in total. The van der Waals surface area contributed by atoms with E-state index in [4.69, 9.17) is 19.9 Å². The molecule has 0 aliphatic carbocycles. The number of ether oxygens (including phenoxy) is 3. The summed E-state index contributed by atoms with van der Waals surface area (Å²) in [5.41, 5.74) is 5.95. The second kappa shape index (κ2) is 5.80. The minimum atomic E-state index is 0.0595. The summed E-state index contributed by atoms with van der Waals surface area (Å²) in [6.07, 6.45) is 4.78. The number of nitrogens with two attached hydrogens (primary N) is 1. The minimum Gasteiger partial charge on any atom is -0.379 e. The lowest BCUT2D eigenvalue weighted by Crippen LogP contribution is -2.45. The smallest absolute Gasteiger partial charge is 0.0960 e. The van der Waals surface area contributed by atoms with E-state index in [1.54, 1.807) is 0 Å². The second-order valence-corrected chi connectivity index (χ2v) is 4.39. The van der Waals surface area contributed by atoms with Gasteiger partial charge in [-0.3, -0.25) is 0 Å². The molecule has 0 aromatic heterocycles. The van der Waals surface area contributed by atoms with E-state index >= 15 is 0 Å². The standard InChI is InChI=1S/C11H21NO3/c12-10-4-6-13-8-11(10)15-7-9-3-1-2-5-14-9/h9-11H,1-8,12H2. The number of hydrogen-bond donors (Lipinski definition) is 1. The zero-order valence-electron chi connectivity index (χ0n) is 9.19. The van der Waals surface area contributed by atoms with E-state index in [-0.39, 0.29) is 18.2 Å². The average molecular weight is 215 g/mol. The van der Waals surface area contributed by atoms with Crippen LogP contribution in [0.25, 0.3) is 0 Å². The molecule has 3 unspecified atom stereocenters. The molecule has 0 aromatic rings. The van der Waals surface area contributed by atoms with Crippen LogP contribution in [-0.4, -0.2) is 44.7 Å². The molecule has 4 nitrogen and oxygen atoms in total. The maximum Gasteiger partial charge on any atom is 0.0960 e.